The maximum Gasteiger partial charge on any atom is 0.227 e. The van der Waals surface area contributed by atoms with Crippen LogP contribution in [-0.2, 0) is 13.1 Å². The first-order valence-corrected chi connectivity index (χ1v) is 10.7. The zero-order valence-electron chi connectivity index (χ0n) is 17.5. The lowest BCUT2D eigenvalue weighted by molar-refractivity contribution is -1.02. The van der Waals surface area contributed by atoms with E-state index in [2.05, 4.69) is 30.3 Å². The normalized spacial score (nSPS) is 19.9. The van der Waals surface area contributed by atoms with Gasteiger partial charge in [0.25, 0.3) is 0 Å². The molecule has 2 heterocycles. The van der Waals surface area contributed by atoms with Crippen LogP contribution in [0.3, 0.4) is 0 Å². The molecular weight excluding hydrogens is 376 g/mol. The Morgan fingerprint density at radius 1 is 0.900 bits per heavy atom. The lowest BCUT2D eigenvalue weighted by Crippen LogP contribution is -3.27. The number of nitrogens with one attached hydrogen (secondary N) is 2. The Hall–Kier alpha value is -2.89. The lowest BCUT2D eigenvalue weighted by Gasteiger charge is -2.29. The van der Waals surface area contributed by atoms with Crippen molar-refractivity contribution in [2.45, 2.75) is 26.1 Å². The van der Waals surface area contributed by atoms with E-state index in [1.54, 1.807) is 11.0 Å². The largest absolute Gasteiger partial charge is 0.479 e. The summed E-state index contributed by atoms with van der Waals surface area (Å²) in [7, 11) is 0. The van der Waals surface area contributed by atoms with Crippen LogP contribution in [0.25, 0.3) is 0 Å². The summed E-state index contributed by atoms with van der Waals surface area (Å²) < 4.78 is 11.6. The molecule has 5 nitrogen and oxygen atoms in total. The van der Waals surface area contributed by atoms with Crippen molar-refractivity contribution in [3.8, 4) is 5.75 Å². The van der Waals surface area contributed by atoms with Gasteiger partial charge in [-0.3, -0.25) is 4.79 Å². The average Bonchev–Trinajstić information content (AvgIpc) is 2.78. The summed E-state index contributed by atoms with van der Waals surface area (Å²) in [5.41, 5.74) is 2.30. The molecule has 0 amide bonds. The quantitative estimate of drug-likeness (QED) is 0.621. The van der Waals surface area contributed by atoms with Crippen LogP contribution in [0.2, 0.25) is 0 Å². The molecule has 0 saturated carbocycles. The molecule has 0 spiro atoms. The van der Waals surface area contributed by atoms with Gasteiger partial charge in [-0.25, -0.2) is 0 Å². The Morgan fingerprint density at radius 3 is 2.13 bits per heavy atom. The highest BCUT2D eigenvalue weighted by atomic mass is 16.5. The maximum absolute atomic E-state index is 12.5. The minimum atomic E-state index is -0.203. The fourth-order valence-corrected chi connectivity index (χ4v) is 4.04. The van der Waals surface area contributed by atoms with Gasteiger partial charge in [0.05, 0.1) is 0 Å². The number of rotatable bonds is 7. The van der Waals surface area contributed by atoms with Crippen LogP contribution in [0.1, 0.15) is 29.9 Å². The first kappa shape index (κ1) is 20.4. The number of benzene rings is 2. The van der Waals surface area contributed by atoms with E-state index in [0.717, 1.165) is 50.6 Å². The van der Waals surface area contributed by atoms with Crippen LogP contribution in [0.15, 0.2) is 82.2 Å². The zero-order chi connectivity index (χ0) is 20.8. The fourth-order valence-electron chi connectivity index (χ4n) is 4.04. The van der Waals surface area contributed by atoms with E-state index in [0.29, 0.717) is 0 Å². The van der Waals surface area contributed by atoms with Crippen molar-refractivity contribution in [3.63, 3.8) is 0 Å². The minimum Gasteiger partial charge on any atom is -0.479 e. The second kappa shape index (κ2) is 9.74. The Balaban J connectivity index is 1.29. The summed E-state index contributed by atoms with van der Waals surface area (Å²) >= 11 is 0. The third kappa shape index (κ3) is 5.38. The first-order valence-electron chi connectivity index (χ1n) is 10.7. The third-order valence-electron chi connectivity index (χ3n) is 5.81. The second-order valence-corrected chi connectivity index (χ2v) is 8.08. The van der Waals surface area contributed by atoms with E-state index in [1.807, 2.05) is 37.3 Å². The van der Waals surface area contributed by atoms with Gasteiger partial charge in [0.1, 0.15) is 51.6 Å². The van der Waals surface area contributed by atoms with E-state index in [4.69, 9.17) is 9.15 Å². The highest BCUT2D eigenvalue weighted by molar-refractivity contribution is 5.22. The molecule has 3 aromatic rings. The van der Waals surface area contributed by atoms with E-state index in [-0.39, 0.29) is 17.3 Å². The highest BCUT2D eigenvalue weighted by Gasteiger charge is 2.24. The molecule has 1 saturated heterocycles. The molecule has 30 heavy (non-hydrogen) atoms. The van der Waals surface area contributed by atoms with Crippen LogP contribution in [0, 0.1) is 0 Å². The van der Waals surface area contributed by atoms with E-state index >= 15 is 0 Å². The van der Waals surface area contributed by atoms with Crippen molar-refractivity contribution in [2.24, 2.45) is 0 Å². The molecule has 1 fully saturated rings. The molecule has 0 unspecified atom stereocenters. The number of piperazine rings is 1. The van der Waals surface area contributed by atoms with Gasteiger partial charge in [0, 0.05) is 11.6 Å². The molecule has 1 aromatic heterocycles. The van der Waals surface area contributed by atoms with Gasteiger partial charge >= 0.3 is 0 Å². The van der Waals surface area contributed by atoms with Gasteiger partial charge in [0.15, 0.2) is 5.76 Å². The number of quaternary nitrogens is 2. The zero-order valence-corrected chi connectivity index (χ0v) is 17.5. The van der Waals surface area contributed by atoms with Gasteiger partial charge in [-0.05, 0) is 12.5 Å². The standard InChI is InChI=1S/C25H28N2O3/c1-20(22-10-6-3-7-11-22)30-25-19-29-23(16-24(25)28)18-27-14-12-26(13-15-27)17-21-8-4-2-5-9-21/h2-11,16,19-20H,12-15,17-18H2,1H3/p+2/t20-/m1/s1. The molecule has 1 aliphatic rings. The Morgan fingerprint density at radius 2 is 1.50 bits per heavy atom. The Kier molecular flexibility index (Phi) is 6.62. The van der Waals surface area contributed by atoms with Gasteiger partial charge in [0.2, 0.25) is 11.2 Å². The molecule has 0 aliphatic carbocycles. The van der Waals surface area contributed by atoms with Crippen LogP contribution in [-0.4, -0.2) is 26.2 Å². The number of ether oxygens (including phenoxy) is 1. The predicted octanol–water partition coefficient (Wildman–Crippen LogP) is 1.26. The summed E-state index contributed by atoms with van der Waals surface area (Å²) in [6.45, 7) is 8.17. The average molecular weight is 407 g/mol. The SMILES string of the molecule is C[C@@H](Oc1coc(C[NH+]2CC[NH+](Cc3ccccc3)CC2)cc1=O)c1ccccc1. The van der Waals surface area contributed by atoms with E-state index < -0.39 is 0 Å². The van der Waals surface area contributed by atoms with Crippen LogP contribution in [0.4, 0.5) is 0 Å². The molecular formula is C25H30N2O3+2. The lowest BCUT2D eigenvalue weighted by atomic mass is 10.1. The van der Waals surface area contributed by atoms with Crippen molar-refractivity contribution < 1.29 is 19.0 Å². The molecule has 0 radical (unpaired) electrons. The monoisotopic (exact) mass is 406 g/mol. The summed E-state index contributed by atoms with van der Waals surface area (Å²) in [4.78, 5) is 15.6. The van der Waals surface area contributed by atoms with Gasteiger partial charge in [-0.1, -0.05) is 60.7 Å². The van der Waals surface area contributed by atoms with E-state index in [9.17, 15) is 4.79 Å². The van der Waals surface area contributed by atoms with Crippen LogP contribution in [0.5, 0.6) is 5.75 Å². The predicted molar refractivity (Wildman–Crippen MR) is 116 cm³/mol. The second-order valence-electron chi connectivity index (χ2n) is 8.08. The van der Waals surface area contributed by atoms with Crippen LogP contribution >= 0.6 is 0 Å². The topological polar surface area (TPSA) is 48.3 Å². The maximum atomic E-state index is 12.5. The molecule has 156 valence electrons. The summed E-state index contributed by atoms with van der Waals surface area (Å²) in [6.07, 6.45) is 1.26. The van der Waals surface area contributed by atoms with Gasteiger partial charge < -0.3 is 19.0 Å². The number of hydrogen-bond acceptors (Lipinski definition) is 3. The van der Waals surface area contributed by atoms with Crippen molar-refractivity contribution >= 4 is 0 Å². The van der Waals surface area contributed by atoms with E-state index in [1.165, 1.54) is 16.7 Å². The van der Waals surface area contributed by atoms with Gasteiger partial charge in [-0.15, -0.1) is 0 Å². The van der Waals surface area contributed by atoms with Crippen molar-refractivity contribution in [1.29, 1.82) is 0 Å². The fraction of sp³-hybridized carbons (Fsp3) is 0.320. The molecule has 4 rings (SSSR count). The minimum absolute atomic E-state index is 0.119. The summed E-state index contributed by atoms with van der Waals surface area (Å²) in [5, 5.41) is 0. The Labute approximate surface area is 177 Å². The molecule has 2 N–H and O–H groups in total. The molecule has 1 atom stereocenters. The molecule has 2 aromatic carbocycles. The number of hydrogen-bond donors (Lipinski definition) is 2. The highest BCUT2D eigenvalue weighted by Crippen LogP contribution is 2.18. The van der Waals surface area contributed by atoms with Crippen molar-refractivity contribution in [3.05, 3.63) is 100 Å². The van der Waals surface area contributed by atoms with Crippen molar-refractivity contribution in [2.75, 3.05) is 26.2 Å². The smallest absolute Gasteiger partial charge is 0.227 e. The first-order chi connectivity index (χ1) is 14.7. The van der Waals surface area contributed by atoms with Crippen molar-refractivity contribution in [1.82, 2.24) is 0 Å². The summed E-state index contributed by atoms with van der Waals surface area (Å²) in [5.74, 6) is 0.989. The Bertz CT molecular complexity index is 980. The van der Waals surface area contributed by atoms with Gasteiger partial charge in [-0.2, -0.15) is 0 Å². The summed E-state index contributed by atoms with van der Waals surface area (Å²) in [6, 6.07) is 22.1. The molecule has 5 heteroatoms. The third-order valence-corrected chi connectivity index (χ3v) is 5.81. The molecule has 1 aliphatic heterocycles. The molecule has 0 bridgehead atoms. The van der Waals surface area contributed by atoms with Crippen LogP contribution < -0.4 is 20.0 Å².